The first-order chi connectivity index (χ1) is 8.02. The van der Waals surface area contributed by atoms with Gasteiger partial charge < -0.3 is 14.3 Å². The van der Waals surface area contributed by atoms with Crippen molar-refractivity contribution >= 4 is 5.97 Å². The van der Waals surface area contributed by atoms with Crippen LogP contribution in [0.15, 0.2) is 22.8 Å². The summed E-state index contributed by atoms with van der Waals surface area (Å²) in [6.45, 7) is 4.61. The largest absolute Gasteiger partial charge is 0.481 e. The summed E-state index contributed by atoms with van der Waals surface area (Å²) in [6, 6.07) is 3.70. The van der Waals surface area contributed by atoms with E-state index in [9.17, 15) is 4.79 Å². The molecule has 4 nitrogen and oxygen atoms in total. The molecule has 1 aromatic rings. The Labute approximate surface area is 102 Å². The number of hydrogen-bond acceptors (Lipinski definition) is 3. The molecule has 1 aromatic heterocycles. The summed E-state index contributed by atoms with van der Waals surface area (Å²) in [7, 11) is 0. The van der Waals surface area contributed by atoms with E-state index in [0.717, 1.165) is 18.6 Å². The standard InChI is InChI=1S/C13H20O4/c1-13(2,12(14)15)7-3-4-8-16-10-11-6-5-9-17-11/h5-6,9H,3-4,7-8,10H2,1-2H3,(H,14,15). The Kier molecular flexibility index (Phi) is 5.22. The highest BCUT2D eigenvalue weighted by atomic mass is 16.5. The first-order valence-corrected chi connectivity index (χ1v) is 5.86. The zero-order valence-corrected chi connectivity index (χ0v) is 10.4. The summed E-state index contributed by atoms with van der Waals surface area (Å²) < 4.78 is 10.5. The second kappa shape index (κ2) is 6.45. The summed E-state index contributed by atoms with van der Waals surface area (Å²) in [4.78, 5) is 10.9. The predicted octanol–water partition coefficient (Wildman–Crippen LogP) is 3.08. The van der Waals surface area contributed by atoms with E-state index >= 15 is 0 Å². The van der Waals surface area contributed by atoms with Gasteiger partial charge in [-0.25, -0.2) is 0 Å². The third-order valence-electron chi connectivity index (χ3n) is 2.74. The van der Waals surface area contributed by atoms with Crippen molar-refractivity contribution in [2.45, 2.75) is 39.7 Å². The fraction of sp³-hybridized carbons (Fsp3) is 0.615. The molecule has 0 aliphatic rings. The molecule has 0 fully saturated rings. The molecule has 17 heavy (non-hydrogen) atoms. The first-order valence-electron chi connectivity index (χ1n) is 5.86. The van der Waals surface area contributed by atoms with Gasteiger partial charge in [0.05, 0.1) is 11.7 Å². The average Bonchev–Trinajstić information content (AvgIpc) is 2.75. The average molecular weight is 240 g/mol. The lowest BCUT2D eigenvalue weighted by atomic mass is 9.87. The first kappa shape index (κ1) is 13.8. The van der Waals surface area contributed by atoms with Gasteiger partial charge in [0.1, 0.15) is 12.4 Å². The fourth-order valence-electron chi connectivity index (χ4n) is 1.45. The minimum Gasteiger partial charge on any atom is -0.481 e. The lowest BCUT2D eigenvalue weighted by molar-refractivity contribution is -0.147. The van der Waals surface area contributed by atoms with Crippen LogP contribution in [0, 0.1) is 5.41 Å². The Balaban J connectivity index is 2.03. The van der Waals surface area contributed by atoms with Crippen molar-refractivity contribution in [1.82, 2.24) is 0 Å². The van der Waals surface area contributed by atoms with Gasteiger partial charge in [-0.1, -0.05) is 6.42 Å². The van der Waals surface area contributed by atoms with Crippen LogP contribution >= 0.6 is 0 Å². The molecular weight excluding hydrogens is 220 g/mol. The maximum Gasteiger partial charge on any atom is 0.309 e. The van der Waals surface area contributed by atoms with Crippen molar-refractivity contribution in [2.75, 3.05) is 6.61 Å². The summed E-state index contributed by atoms with van der Waals surface area (Å²) in [5.74, 6) is 0.0740. The van der Waals surface area contributed by atoms with E-state index in [4.69, 9.17) is 14.3 Å². The SMILES string of the molecule is CC(C)(CCCCOCc1ccco1)C(=O)O. The van der Waals surface area contributed by atoms with Gasteiger partial charge in [0.25, 0.3) is 0 Å². The van der Waals surface area contributed by atoms with E-state index in [1.165, 1.54) is 0 Å². The van der Waals surface area contributed by atoms with Gasteiger partial charge in [0.2, 0.25) is 0 Å². The molecule has 0 aromatic carbocycles. The summed E-state index contributed by atoms with van der Waals surface area (Å²) in [5.41, 5.74) is -0.638. The monoisotopic (exact) mass is 240 g/mol. The molecule has 0 atom stereocenters. The molecule has 0 unspecified atom stereocenters. The summed E-state index contributed by atoms with van der Waals surface area (Å²) in [5, 5.41) is 8.93. The van der Waals surface area contributed by atoms with E-state index in [2.05, 4.69) is 0 Å². The van der Waals surface area contributed by atoms with Crippen LogP contribution in [0.5, 0.6) is 0 Å². The van der Waals surface area contributed by atoms with E-state index in [-0.39, 0.29) is 0 Å². The Morgan fingerprint density at radius 2 is 2.24 bits per heavy atom. The third-order valence-corrected chi connectivity index (χ3v) is 2.74. The van der Waals surface area contributed by atoms with Crippen molar-refractivity contribution in [2.24, 2.45) is 5.41 Å². The molecule has 1 heterocycles. The molecule has 0 aliphatic heterocycles. The number of carboxylic acids is 1. The number of carbonyl (C=O) groups is 1. The molecule has 0 bridgehead atoms. The Morgan fingerprint density at radius 3 is 2.82 bits per heavy atom. The Morgan fingerprint density at radius 1 is 1.47 bits per heavy atom. The molecule has 1 rings (SSSR count). The zero-order valence-electron chi connectivity index (χ0n) is 10.4. The van der Waals surface area contributed by atoms with Gasteiger partial charge in [0.15, 0.2) is 0 Å². The van der Waals surface area contributed by atoms with Crippen molar-refractivity contribution in [3.05, 3.63) is 24.2 Å². The maximum absolute atomic E-state index is 10.9. The predicted molar refractivity (Wildman–Crippen MR) is 63.6 cm³/mol. The number of rotatable bonds is 8. The molecule has 1 N–H and O–H groups in total. The van der Waals surface area contributed by atoms with Crippen LogP contribution in [0.25, 0.3) is 0 Å². The fourth-order valence-corrected chi connectivity index (χ4v) is 1.45. The molecule has 0 radical (unpaired) electrons. The zero-order chi connectivity index (χ0) is 12.7. The van der Waals surface area contributed by atoms with Gasteiger partial charge in [-0.2, -0.15) is 0 Å². The summed E-state index contributed by atoms with van der Waals surface area (Å²) >= 11 is 0. The van der Waals surface area contributed by atoms with Gasteiger partial charge in [-0.05, 0) is 38.8 Å². The molecule has 96 valence electrons. The van der Waals surface area contributed by atoms with Crippen LogP contribution in [-0.4, -0.2) is 17.7 Å². The van der Waals surface area contributed by atoms with Crippen molar-refractivity contribution < 1.29 is 19.1 Å². The molecular formula is C13H20O4. The van der Waals surface area contributed by atoms with E-state index in [0.29, 0.717) is 19.6 Å². The van der Waals surface area contributed by atoms with Gasteiger partial charge in [-0.3, -0.25) is 4.79 Å². The second-order valence-electron chi connectivity index (χ2n) is 4.78. The lowest BCUT2D eigenvalue weighted by Crippen LogP contribution is -2.23. The quantitative estimate of drug-likeness (QED) is 0.709. The van der Waals surface area contributed by atoms with Crippen LogP contribution < -0.4 is 0 Å². The molecule has 0 saturated heterocycles. The van der Waals surface area contributed by atoms with Gasteiger partial charge in [0, 0.05) is 6.61 Å². The van der Waals surface area contributed by atoms with Crippen LogP contribution in [0.2, 0.25) is 0 Å². The third kappa shape index (κ3) is 5.04. The topological polar surface area (TPSA) is 59.7 Å². The highest BCUT2D eigenvalue weighted by Gasteiger charge is 2.25. The van der Waals surface area contributed by atoms with Gasteiger partial charge >= 0.3 is 5.97 Å². The molecule has 0 spiro atoms. The van der Waals surface area contributed by atoms with E-state index in [1.807, 2.05) is 12.1 Å². The van der Waals surface area contributed by atoms with E-state index < -0.39 is 11.4 Å². The van der Waals surface area contributed by atoms with Crippen LogP contribution in [0.3, 0.4) is 0 Å². The summed E-state index contributed by atoms with van der Waals surface area (Å²) in [6.07, 6.45) is 4.02. The van der Waals surface area contributed by atoms with E-state index in [1.54, 1.807) is 20.1 Å². The number of carboxylic acid groups (broad SMARTS) is 1. The molecule has 0 aliphatic carbocycles. The lowest BCUT2D eigenvalue weighted by Gasteiger charge is -2.18. The van der Waals surface area contributed by atoms with Crippen molar-refractivity contribution in [3.8, 4) is 0 Å². The Bertz CT molecular complexity index is 327. The van der Waals surface area contributed by atoms with Crippen LogP contribution in [0.1, 0.15) is 38.9 Å². The normalized spacial score (nSPS) is 11.6. The number of furan rings is 1. The van der Waals surface area contributed by atoms with Crippen molar-refractivity contribution in [1.29, 1.82) is 0 Å². The van der Waals surface area contributed by atoms with Crippen LogP contribution in [0.4, 0.5) is 0 Å². The Hall–Kier alpha value is -1.29. The molecule has 0 amide bonds. The highest BCUT2D eigenvalue weighted by Crippen LogP contribution is 2.23. The second-order valence-corrected chi connectivity index (χ2v) is 4.78. The minimum absolute atomic E-state index is 0.481. The number of aliphatic carboxylic acids is 1. The van der Waals surface area contributed by atoms with Gasteiger partial charge in [-0.15, -0.1) is 0 Å². The van der Waals surface area contributed by atoms with Crippen molar-refractivity contribution in [3.63, 3.8) is 0 Å². The number of ether oxygens (including phenoxy) is 1. The maximum atomic E-state index is 10.9. The number of unbranched alkanes of at least 4 members (excludes halogenated alkanes) is 1. The number of hydrogen-bond donors (Lipinski definition) is 1. The highest BCUT2D eigenvalue weighted by molar-refractivity contribution is 5.73. The minimum atomic E-state index is -0.742. The molecule has 0 saturated carbocycles. The van der Waals surface area contributed by atoms with Crippen LogP contribution in [-0.2, 0) is 16.1 Å². The smallest absolute Gasteiger partial charge is 0.309 e. The molecule has 4 heteroatoms.